The van der Waals surface area contributed by atoms with Gasteiger partial charge in [0.2, 0.25) is 0 Å². The van der Waals surface area contributed by atoms with Crippen LogP contribution in [-0.2, 0) is 9.53 Å². The minimum atomic E-state index is -1.85. The van der Waals surface area contributed by atoms with Gasteiger partial charge in [-0.2, -0.15) is 0 Å². The van der Waals surface area contributed by atoms with Gasteiger partial charge in [-0.05, 0) is 32.6 Å². The Hall–Kier alpha value is -1.33. The Labute approximate surface area is 138 Å². The van der Waals surface area contributed by atoms with Crippen LogP contribution in [0.2, 0.25) is 0 Å². The molecule has 2 fully saturated rings. The summed E-state index contributed by atoms with van der Waals surface area (Å²) in [6.45, 7) is 11.2. The highest BCUT2D eigenvalue weighted by Gasteiger charge is 2.47. The molecule has 0 bridgehead atoms. The SMILES string of the molecule is CC1(C)CCN(C(=O)C2(F)CCN(C(=O)OC(C)(C)C)CC2)C1. The van der Waals surface area contributed by atoms with E-state index in [1.165, 1.54) is 4.90 Å². The molecule has 2 aliphatic heterocycles. The van der Waals surface area contributed by atoms with Gasteiger partial charge in [0.25, 0.3) is 5.91 Å². The standard InChI is InChI=1S/C17H29FN2O3/c1-15(2,3)23-14(22)19-10-7-17(18,8-11-19)13(21)20-9-6-16(4,5)12-20/h6-12H2,1-5H3. The summed E-state index contributed by atoms with van der Waals surface area (Å²) >= 11 is 0. The molecule has 2 saturated heterocycles. The van der Waals surface area contributed by atoms with Crippen molar-refractivity contribution in [2.45, 2.75) is 65.2 Å². The number of rotatable bonds is 1. The highest BCUT2D eigenvalue weighted by Crippen LogP contribution is 2.35. The van der Waals surface area contributed by atoms with Gasteiger partial charge >= 0.3 is 6.09 Å². The summed E-state index contributed by atoms with van der Waals surface area (Å²) in [6.07, 6.45) is 0.553. The first-order valence-corrected chi connectivity index (χ1v) is 8.38. The Morgan fingerprint density at radius 3 is 1.96 bits per heavy atom. The summed E-state index contributed by atoms with van der Waals surface area (Å²) in [5.41, 5.74) is -2.36. The lowest BCUT2D eigenvalue weighted by molar-refractivity contribution is -0.146. The van der Waals surface area contributed by atoms with Gasteiger partial charge in [-0.25, -0.2) is 9.18 Å². The van der Waals surface area contributed by atoms with Gasteiger partial charge in [-0.15, -0.1) is 0 Å². The maximum absolute atomic E-state index is 15.1. The maximum Gasteiger partial charge on any atom is 0.410 e. The molecule has 0 aromatic carbocycles. The number of hydrogen-bond acceptors (Lipinski definition) is 3. The highest BCUT2D eigenvalue weighted by atomic mass is 19.1. The van der Waals surface area contributed by atoms with Gasteiger partial charge in [0.1, 0.15) is 5.60 Å². The van der Waals surface area contributed by atoms with Crippen molar-refractivity contribution in [3.05, 3.63) is 0 Å². The molecular formula is C17H29FN2O3. The third kappa shape index (κ3) is 4.36. The number of likely N-dealkylation sites (tertiary alicyclic amines) is 2. The molecule has 0 N–H and O–H groups in total. The molecule has 2 amide bonds. The number of alkyl halides is 1. The predicted octanol–water partition coefficient (Wildman–Crippen LogP) is 2.98. The van der Waals surface area contributed by atoms with Crippen LogP contribution in [0.15, 0.2) is 0 Å². The fourth-order valence-corrected chi connectivity index (χ4v) is 3.15. The van der Waals surface area contributed by atoms with Crippen LogP contribution in [-0.4, -0.2) is 59.2 Å². The van der Waals surface area contributed by atoms with E-state index >= 15 is 4.39 Å². The molecule has 0 aromatic heterocycles. The first kappa shape index (κ1) is 18.0. The van der Waals surface area contributed by atoms with Gasteiger partial charge in [0.05, 0.1) is 0 Å². The Kier molecular flexibility index (Phi) is 4.66. The lowest BCUT2D eigenvalue weighted by atomic mass is 9.91. The van der Waals surface area contributed by atoms with Crippen molar-refractivity contribution in [1.82, 2.24) is 9.80 Å². The monoisotopic (exact) mass is 328 g/mol. The molecule has 132 valence electrons. The third-order valence-electron chi connectivity index (χ3n) is 4.56. The molecule has 0 radical (unpaired) electrons. The lowest BCUT2D eigenvalue weighted by Crippen LogP contribution is -2.53. The molecule has 2 heterocycles. The van der Waals surface area contributed by atoms with E-state index in [2.05, 4.69) is 13.8 Å². The summed E-state index contributed by atoms with van der Waals surface area (Å²) in [5, 5.41) is 0. The molecule has 23 heavy (non-hydrogen) atoms. The highest BCUT2D eigenvalue weighted by molar-refractivity contribution is 5.86. The largest absolute Gasteiger partial charge is 0.444 e. The van der Waals surface area contributed by atoms with Crippen molar-refractivity contribution in [1.29, 1.82) is 0 Å². The molecule has 0 atom stereocenters. The average Bonchev–Trinajstić information content (AvgIpc) is 2.77. The maximum atomic E-state index is 15.1. The number of hydrogen-bond donors (Lipinski definition) is 0. The molecule has 0 aromatic rings. The van der Waals surface area contributed by atoms with Crippen LogP contribution < -0.4 is 0 Å². The van der Waals surface area contributed by atoms with E-state index in [-0.39, 0.29) is 31.3 Å². The lowest BCUT2D eigenvalue weighted by Gasteiger charge is -2.38. The minimum Gasteiger partial charge on any atom is -0.444 e. The van der Waals surface area contributed by atoms with Gasteiger partial charge in [-0.1, -0.05) is 13.8 Å². The summed E-state index contributed by atoms with van der Waals surface area (Å²) in [4.78, 5) is 27.7. The fourth-order valence-electron chi connectivity index (χ4n) is 3.15. The van der Waals surface area contributed by atoms with Gasteiger partial charge in [0.15, 0.2) is 5.67 Å². The summed E-state index contributed by atoms with van der Waals surface area (Å²) in [5.74, 6) is -0.410. The van der Waals surface area contributed by atoms with Gasteiger partial charge < -0.3 is 14.5 Å². The Morgan fingerprint density at radius 2 is 1.52 bits per heavy atom. The second-order valence-electron chi connectivity index (χ2n) is 8.57. The number of ether oxygens (including phenoxy) is 1. The second kappa shape index (κ2) is 5.95. The molecule has 2 aliphatic rings. The quantitative estimate of drug-likeness (QED) is 0.743. The fraction of sp³-hybridized carbons (Fsp3) is 0.882. The van der Waals surface area contributed by atoms with E-state index in [9.17, 15) is 9.59 Å². The number of piperidine rings is 1. The molecule has 5 nitrogen and oxygen atoms in total. The summed E-state index contributed by atoms with van der Waals surface area (Å²) < 4.78 is 20.4. The second-order valence-corrected chi connectivity index (χ2v) is 8.57. The Bertz CT molecular complexity index is 477. The average molecular weight is 328 g/mol. The molecule has 0 unspecified atom stereocenters. The summed E-state index contributed by atoms with van der Waals surface area (Å²) in [6, 6.07) is 0. The van der Waals surface area contributed by atoms with Crippen molar-refractivity contribution in [2.75, 3.05) is 26.2 Å². The first-order chi connectivity index (χ1) is 10.4. The zero-order valence-electron chi connectivity index (χ0n) is 14.9. The van der Waals surface area contributed by atoms with E-state index < -0.39 is 23.3 Å². The van der Waals surface area contributed by atoms with E-state index in [0.29, 0.717) is 13.1 Å². The van der Waals surface area contributed by atoms with E-state index in [1.807, 2.05) is 0 Å². The van der Waals surface area contributed by atoms with Crippen molar-refractivity contribution in [3.8, 4) is 0 Å². The Morgan fingerprint density at radius 1 is 1.00 bits per heavy atom. The molecular weight excluding hydrogens is 299 g/mol. The smallest absolute Gasteiger partial charge is 0.410 e. The van der Waals surface area contributed by atoms with Crippen LogP contribution in [0.5, 0.6) is 0 Å². The van der Waals surface area contributed by atoms with Crippen LogP contribution in [0.1, 0.15) is 53.9 Å². The van der Waals surface area contributed by atoms with E-state index in [1.54, 1.807) is 25.7 Å². The van der Waals surface area contributed by atoms with Crippen LogP contribution >= 0.6 is 0 Å². The molecule has 0 spiro atoms. The minimum absolute atomic E-state index is 0.0437. The van der Waals surface area contributed by atoms with Crippen LogP contribution in [0.25, 0.3) is 0 Å². The number of nitrogens with zero attached hydrogens (tertiary/aromatic N) is 2. The molecule has 0 saturated carbocycles. The number of carbonyl (C=O) groups is 2. The molecule has 6 heteroatoms. The van der Waals surface area contributed by atoms with Crippen LogP contribution in [0, 0.1) is 5.41 Å². The first-order valence-electron chi connectivity index (χ1n) is 8.38. The topological polar surface area (TPSA) is 49.9 Å². The molecule has 2 rings (SSSR count). The normalized spacial score (nSPS) is 23.7. The van der Waals surface area contributed by atoms with Crippen molar-refractivity contribution >= 4 is 12.0 Å². The van der Waals surface area contributed by atoms with Crippen LogP contribution in [0.4, 0.5) is 9.18 Å². The Balaban J connectivity index is 1.92. The summed E-state index contributed by atoms with van der Waals surface area (Å²) in [7, 11) is 0. The van der Waals surface area contributed by atoms with Crippen molar-refractivity contribution < 1.29 is 18.7 Å². The number of amides is 2. The third-order valence-corrected chi connectivity index (χ3v) is 4.56. The number of carbonyl (C=O) groups excluding carboxylic acids is 2. The predicted molar refractivity (Wildman–Crippen MR) is 85.9 cm³/mol. The van der Waals surface area contributed by atoms with Crippen molar-refractivity contribution in [3.63, 3.8) is 0 Å². The van der Waals surface area contributed by atoms with Crippen molar-refractivity contribution in [2.24, 2.45) is 5.41 Å². The molecule has 0 aliphatic carbocycles. The van der Waals surface area contributed by atoms with Gasteiger partial charge in [0, 0.05) is 39.0 Å². The zero-order valence-corrected chi connectivity index (χ0v) is 14.9. The van der Waals surface area contributed by atoms with E-state index in [0.717, 1.165) is 6.42 Å². The van der Waals surface area contributed by atoms with E-state index in [4.69, 9.17) is 4.74 Å². The zero-order chi connectivity index (χ0) is 17.5. The number of halogens is 1. The van der Waals surface area contributed by atoms with Crippen LogP contribution in [0.3, 0.4) is 0 Å². The van der Waals surface area contributed by atoms with Gasteiger partial charge in [-0.3, -0.25) is 4.79 Å².